The smallest absolute Gasteiger partial charge is 0.244 e. The van der Waals surface area contributed by atoms with Crippen molar-refractivity contribution >= 4 is 5.95 Å². The average molecular weight is 237 g/mol. The number of ether oxygens (including phenoxy) is 1. The molecular formula is C11H19N5O. The Morgan fingerprint density at radius 2 is 2.35 bits per heavy atom. The minimum absolute atomic E-state index is 0.233. The fourth-order valence-electron chi connectivity index (χ4n) is 2.63. The third kappa shape index (κ3) is 2.02. The highest BCUT2D eigenvalue weighted by atomic mass is 16.5. The van der Waals surface area contributed by atoms with Gasteiger partial charge in [0.2, 0.25) is 5.95 Å². The van der Waals surface area contributed by atoms with Crippen LogP contribution in [0.2, 0.25) is 0 Å². The highest BCUT2D eigenvalue weighted by Crippen LogP contribution is 2.29. The Kier molecular flexibility index (Phi) is 2.76. The molecule has 3 N–H and O–H groups in total. The van der Waals surface area contributed by atoms with Gasteiger partial charge in [-0.25, -0.2) is 0 Å². The summed E-state index contributed by atoms with van der Waals surface area (Å²) < 4.78 is 5.55. The van der Waals surface area contributed by atoms with Crippen molar-refractivity contribution < 1.29 is 4.74 Å². The van der Waals surface area contributed by atoms with E-state index in [9.17, 15) is 0 Å². The highest BCUT2D eigenvalue weighted by molar-refractivity contribution is 5.31. The van der Waals surface area contributed by atoms with Gasteiger partial charge in [0, 0.05) is 31.7 Å². The van der Waals surface area contributed by atoms with Gasteiger partial charge in [-0.3, -0.25) is 5.10 Å². The maximum atomic E-state index is 5.89. The SMILES string of the molecule is CC1OCCC1c1nc(N2CCC(N)C2)n[nH]1. The Labute approximate surface area is 101 Å². The predicted molar refractivity (Wildman–Crippen MR) is 64.0 cm³/mol. The van der Waals surface area contributed by atoms with Gasteiger partial charge in [-0.15, -0.1) is 5.10 Å². The molecule has 3 heterocycles. The van der Waals surface area contributed by atoms with Crippen molar-refractivity contribution in [2.24, 2.45) is 5.73 Å². The molecule has 2 saturated heterocycles. The van der Waals surface area contributed by atoms with Crippen molar-refractivity contribution in [3.8, 4) is 0 Å². The third-order valence-corrected chi connectivity index (χ3v) is 3.73. The number of rotatable bonds is 2. The lowest BCUT2D eigenvalue weighted by Gasteiger charge is -2.12. The Balaban J connectivity index is 1.74. The van der Waals surface area contributed by atoms with Crippen LogP contribution in [0, 0.1) is 0 Å². The quantitative estimate of drug-likeness (QED) is 0.770. The van der Waals surface area contributed by atoms with Crippen LogP contribution in [0.25, 0.3) is 0 Å². The van der Waals surface area contributed by atoms with Gasteiger partial charge in [0.25, 0.3) is 0 Å². The van der Waals surface area contributed by atoms with Crippen LogP contribution >= 0.6 is 0 Å². The van der Waals surface area contributed by atoms with Crippen LogP contribution < -0.4 is 10.6 Å². The van der Waals surface area contributed by atoms with Crippen molar-refractivity contribution in [2.75, 3.05) is 24.6 Å². The number of nitrogens with zero attached hydrogens (tertiary/aromatic N) is 3. The summed E-state index contributed by atoms with van der Waals surface area (Å²) in [7, 11) is 0. The number of nitrogens with two attached hydrogens (primary N) is 1. The van der Waals surface area contributed by atoms with Crippen LogP contribution in [0.3, 0.4) is 0 Å². The number of nitrogens with one attached hydrogen (secondary N) is 1. The second kappa shape index (κ2) is 4.27. The lowest BCUT2D eigenvalue weighted by molar-refractivity contribution is 0.117. The van der Waals surface area contributed by atoms with Crippen LogP contribution in [0.4, 0.5) is 5.95 Å². The number of hydrogen-bond donors (Lipinski definition) is 2. The monoisotopic (exact) mass is 237 g/mol. The first-order valence-corrected chi connectivity index (χ1v) is 6.28. The largest absolute Gasteiger partial charge is 0.378 e. The van der Waals surface area contributed by atoms with E-state index in [0.29, 0.717) is 5.92 Å². The standard InChI is InChI=1S/C11H19N5O/c1-7-9(3-5-17-7)10-13-11(15-14-10)16-4-2-8(12)6-16/h7-9H,2-6,12H2,1H3,(H,13,14,15). The minimum atomic E-state index is 0.233. The Hall–Kier alpha value is -1.14. The summed E-state index contributed by atoms with van der Waals surface area (Å²) in [6.45, 7) is 4.71. The zero-order valence-electron chi connectivity index (χ0n) is 10.1. The fraction of sp³-hybridized carbons (Fsp3) is 0.818. The first kappa shape index (κ1) is 11.0. The summed E-state index contributed by atoms with van der Waals surface area (Å²) in [4.78, 5) is 6.73. The summed E-state index contributed by atoms with van der Waals surface area (Å²) >= 11 is 0. The number of H-pyrrole nitrogens is 1. The zero-order valence-corrected chi connectivity index (χ0v) is 10.1. The van der Waals surface area contributed by atoms with Crippen molar-refractivity contribution in [3.05, 3.63) is 5.82 Å². The van der Waals surface area contributed by atoms with E-state index in [1.54, 1.807) is 0 Å². The van der Waals surface area contributed by atoms with Gasteiger partial charge in [-0.2, -0.15) is 4.98 Å². The van der Waals surface area contributed by atoms with E-state index in [1.165, 1.54) is 0 Å². The topological polar surface area (TPSA) is 80.1 Å². The lowest BCUT2D eigenvalue weighted by atomic mass is 10.0. The molecule has 0 bridgehead atoms. The fourth-order valence-corrected chi connectivity index (χ4v) is 2.63. The molecule has 1 aromatic rings. The number of aromatic amines is 1. The van der Waals surface area contributed by atoms with Gasteiger partial charge in [-0.1, -0.05) is 0 Å². The van der Waals surface area contributed by atoms with Gasteiger partial charge in [-0.05, 0) is 19.8 Å². The number of anilines is 1. The van der Waals surface area contributed by atoms with E-state index in [-0.39, 0.29) is 12.1 Å². The molecule has 3 rings (SSSR count). The number of aromatic nitrogens is 3. The molecule has 0 aromatic carbocycles. The Bertz CT molecular complexity index is 393. The molecule has 3 atom stereocenters. The van der Waals surface area contributed by atoms with Crippen LogP contribution in [0.1, 0.15) is 31.5 Å². The predicted octanol–water partition coefficient (Wildman–Crippen LogP) is 0.235. The van der Waals surface area contributed by atoms with Crippen LogP contribution in [0.5, 0.6) is 0 Å². The van der Waals surface area contributed by atoms with Crippen molar-refractivity contribution in [1.29, 1.82) is 0 Å². The molecule has 6 heteroatoms. The van der Waals surface area contributed by atoms with E-state index < -0.39 is 0 Å². The molecule has 2 aliphatic rings. The Morgan fingerprint density at radius 1 is 1.47 bits per heavy atom. The summed E-state index contributed by atoms with van der Waals surface area (Å²) in [5, 5.41) is 7.34. The first-order valence-electron chi connectivity index (χ1n) is 6.28. The van der Waals surface area contributed by atoms with Crippen LogP contribution in [-0.2, 0) is 4.74 Å². The van der Waals surface area contributed by atoms with E-state index >= 15 is 0 Å². The third-order valence-electron chi connectivity index (χ3n) is 3.73. The second-order valence-electron chi connectivity index (χ2n) is 4.99. The Morgan fingerprint density at radius 3 is 3.00 bits per heavy atom. The molecule has 3 unspecified atom stereocenters. The first-order chi connectivity index (χ1) is 8.24. The average Bonchev–Trinajstić information content (AvgIpc) is 2.97. The molecule has 6 nitrogen and oxygen atoms in total. The molecule has 0 saturated carbocycles. The molecule has 0 spiro atoms. The summed E-state index contributed by atoms with van der Waals surface area (Å²) in [6.07, 6.45) is 2.28. The summed E-state index contributed by atoms with van der Waals surface area (Å²) in [5.41, 5.74) is 5.89. The normalized spacial score (nSPS) is 33.5. The van der Waals surface area contributed by atoms with Gasteiger partial charge in [0.1, 0.15) is 5.82 Å². The lowest BCUT2D eigenvalue weighted by Crippen LogP contribution is -2.27. The molecule has 1 aromatic heterocycles. The van der Waals surface area contributed by atoms with Crippen molar-refractivity contribution in [2.45, 2.75) is 37.8 Å². The van der Waals surface area contributed by atoms with E-state index in [4.69, 9.17) is 10.5 Å². The zero-order chi connectivity index (χ0) is 11.8. The summed E-state index contributed by atoms with van der Waals surface area (Å²) in [6, 6.07) is 0.255. The molecule has 0 aliphatic carbocycles. The second-order valence-corrected chi connectivity index (χ2v) is 4.99. The number of hydrogen-bond acceptors (Lipinski definition) is 5. The molecule has 0 radical (unpaired) electrons. The molecule has 0 amide bonds. The van der Waals surface area contributed by atoms with E-state index in [2.05, 4.69) is 27.0 Å². The minimum Gasteiger partial charge on any atom is -0.378 e. The van der Waals surface area contributed by atoms with Gasteiger partial charge in [0.15, 0.2) is 0 Å². The van der Waals surface area contributed by atoms with E-state index in [1.807, 2.05) is 0 Å². The van der Waals surface area contributed by atoms with Crippen LogP contribution in [-0.4, -0.2) is 47.0 Å². The highest BCUT2D eigenvalue weighted by Gasteiger charge is 2.30. The van der Waals surface area contributed by atoms with Crippen molar-refractivity contribution in [1.82, 2.24) is 15.2 Å². The maximum Gasteiger partial charge on any atom is 0.244 e. The van der Waals surface area contributed by atoms with Crippen LogP contribution in [0.15, 0.2) is 0 Å². The maximum absolute atomic E-state index is 5.89. The van der Waals surface area contributed by atoms with Gasteiger partial charge in [0.05, 0.1) is 6.10 Å². The molecule has 2 fully saturated rings. The van der Waals surface area contributed by atoms with Gasteiger partial charge < -0.3 is 15.4 Å². The molecule has 94 valence electrons. The molecular weight excluding hydrogens is 218 g/mol. The molecule has 17 heavy (non-hydrogen) atoms. The summed E-state index contributed by atoms with van der Waals surface area (Å²) in [5.74, 6) is 2.09. The van der Waals surface area contributed by atoms with Crippen molar-refractivity contribution in [3.63, 3.8) is 0 Å². The van der Waals surface area contributed by atoms with Gasteiger partial charge >= 0.3 is 0 Å². The van der Waals surface area contributed by atoms with E-state index in [0.717, 1.165) is 44.3 Å². The molecule has 2 aliphatic heterocycles.